The van der Waals surface area contributed by atoms with E-state index in [-0.39, 0.29) is 16.8 Å². The topological polar surface area (TPSA) is 90.9 Å². The second-order valence-electron chi connectivity index (χ2n) is 9.71. The molecule has 4 aromatic rings. The number of rotatable bonds is 6. The van der Waals surface area contributed by atoms with Gasteiger partial charge in [0.25, 0.3) is 5.91 Å². The quantitative estimate of drug-likeness (QED) is 0.221. The Labute approximate surface area is 253 Å². The number of fused-ring (bicyclic) bond motifs is 1. The van der Waals surface area contributed by atoms with Crippen molar-refractivity contribution in [3.63, 3.8) is 0 Å². The number of urea groups is 1. The highest BCUT2D eigenvalue weighted by Gasteiger charge is 2.36. The van der Waals surface area contributed by atoms with Crippen LogP contribution in [0.2, 0.25) is 0 Å². The van der Waals surface area contributed by atoms with Crippen molar-refractivity contribution in [2.75, 3.05) is 16.8 Å². The minimum absolute atomic E-state index is 0.175. The van der Waals surface area contributed by atoms with Gasteiger partial charge in [-0.3, -0.25) is 9.59 Å². The molecule has 11 heteroatoms. The fourth-order valence-electron chi connectivity index (χ4n) is 4.77. The number of benzodiazepines with no additional fused rings is 1. The second-order valence-corrected chi connectivity index (χ2v) is 10.6. The number of nitrogens with one attached hydrogen (secondary N) is 2. The molecule has 0 bridgehead atoms. The Bertz CT molecular complexity index is 1740. The first kappa shape index (κ1) is 29.7. The average Bonchev–Trinajstić information content (AvgIpc) is 3.09. The normalized spacial score (nSPS) is 14.8. The summed E-state index contributed by atoms with van der Waals surface area (Å²) in [5.74, 6) is -1.07. The van der Waals surface area contributed by atoms with E-state index in [0.29, 0.717) is 28.1 Å². The molecule has 0 saturated carbocycles. The average molecular weight is 649 g/mol. The molecule has 3 amide bonds. The van der Waals surface area contributed by atoms with E-state index in [9.17, 15) is 27.6 Å². The van der Waals surface area contributed by atoms with Gasteiger partial charge in [0.15, 0.2) is 5.78 Å². The fraction of sp³-hybridized carbons (Fsp3) is 0.125. The summed E-state index contributed by atoms with van der Waals surface area (Å²) in [5.41, 5.74) is 1.51. The number of carbonyl (C=O) groups excluding carboxylic acids is 3. The van der Waals surface area contributed by atoms with Crippen LogP contribution in [0, 0.1) is 6.92 Å². The number of halogens is 4. The number of ketones is 1. The first-order valence-electron chi connectivity index (χ1n) is 13.1. The summed E-state index contributed by atoms with van der Waals surface area (Å²) in [6, 6.07) is 25.0. The molecule has 1 atom stereocenters. The van der Waals surface area contributed by atoms with Crippen LogP contribution in [0.3, 0.4) is 0 Å². The zero-order chi connectivity index (χ0) is 30.7. The summed E-state index contributed by atoms with van der Waals surface area (Å²) in [5, 5.41) is 4.62. The zero-order valence-electron chi connectivity index (χ0n) is 22.7. The van der Waals surface area contributed by atoms with Crippen LogP contribution >= 0.6 is 15.9 Å². The number of anilines is 2. The number of aliphatic imine (C=N–C) groups is 1. The van der Waals surface area contributed by atoms with E-state index in [0.717, 1.165) is 17.7 Å². The molecule has 4 aromatic carbocycles. The van der Waals surface area contributed by atoms with Gasteiger partial charge in [-0.15, -0.1) is 0 Å². The molecule has 0 aliphatic carbocycles. The van der Waals surface area contributed by atoms with Crippen molar-refractivity contribution in [2.24, 2.45) is 4.99 Å². The minimum Gasteiger partial charge on any atom is -0.308 e. The van der Waals surface area contributed by atoms with Crippen LogP contribution in [0.15, 0.2) is 107 Å². The van der Waals surface area contributed by atoms with Gasteiger partial charge in [0.2, 0.25) is 6.17 Å². The van der Waals surface area contributed by atoms with Crippen molar-refractivity contribution in [1.29, 1.82) is 0 Å². The van der Waals surface area contributed by atoms with Gasteiger partial charge >= 0.3 is 12.2 Å². The molecule has 43 heavy (non-hydrogen) atoms. The SMILES string of the molecule is Cc1ccccc1C(=O)CN1C(=O)C(NC(=O)Nc2ccc(Br)cc2C(F)(F)F)N=C(c2ccccc2)c2ccccc21. The molecule has 0 fully saturated rings. The van der Waals surface area contributed by atoms with Crippen molar-refractivity contribution in [3.8, 4) is 0 Å². The lowest BCUT2D eigenvalue weighted by molar-refractivity contribution is -0.137. The number of para-hydroxylation sites is 1. The summed E-state index contributed by atoms with van der Waals surface area (Å²) in [6.45, 7) is 1.43. The third-order valence-corrected chi connectivity index (χ3v) is 7.30. The van der Waals surface area contributed by atoms with E-state index in [1.54, 1.807) is 79.7 Å². The Balaban J connectivity index is 1.54. The molecule has 0 spiro atoms. The van der Waals surface area contributed by atoms with Crippen LogP contribution < -0.4 is 15.5 Å². The lowest BCUT2D eigenvalue weighted by Crippen LogP contribution is -2.50. The molecule has 0 aromatic heterocycles. The van der Waals surface area contributed by atoms with E-state index in [2.05, 4.69) is 31.6 Å². The van der Waals surface area contributed by atoms with Crippen molar-refractivity contribution >= 4 is 50.7 Å². The monoisotopic (exact) mass is 648 g/mol. The maximum absolute atomic E-state index is 14.0. The molecule has 5 rings (SSSR count). The highest BCUT2D eigenvalue weighted by molar-refractivity contribution is 9.10. The van der Waals surface area contributed by atoms with E-state index in [1.165, 1.54) is 11.0 Å². The molecule has 1 heterocycles. The van der Waals surface area contributed by atoms with Gasteiger partial charge < -0.3 is 15.5 Å². The smallest absolute Gasteiger partial charge is 0.308 e. The summed E-state index contributed by atoms with van der Waals surface area (Å²) >= 11 is 3.02. The Morgan fingerprint density at radius 1 is 0.930 bits per heavy atom. The molecular formula is C32H24BrF3N4O3. The molecule has 7 nitrogen and oxygen atoms in total. The summed E-state index contributed by atoms with van der Waals surface area (Å²) in [6.07, 6.45) is -6.32. The van der Waals surface area contributed by atoms with E-state index in [4.69, 9.17) is 0 Å². The predicted octanol–water partition coefficient (Wildman–Crippen LogP) is 6.99. The summed E-state index contributed by atoms with van der Waals surface area (Å²) < 4.78 is 41.2. The number of Topliss-reactive ketones (excluding diaryl/α,β-unsaturated/α-hetero) is 1. The van der Waals surface area contributed by atoms with Crippen molar-refractivity contribution < 1.29 is 27.6 Å². The first-order chi connectivity index (χ1) is 20.5. The largest absolute Gasteiger partial charge is 0.418 e. The minimum atomic E-state index is -4.75. The van der Waals surface area contributed by atoms with Gasteiger partial charge in [-0.2, -0.15) is 13.2 Å². The van der Waals surface area contributed by atoms with Crippen LogP contribution in [-0.2, 0) is 11.0 Å². The van der Waals surface area contributed by atoms with Gasteiger partial charge in [0.05, 0.1) is 29.2 Å². The zero-order valence-corrected chi connectivity index (χ0v) is 24.2. The van der Waals surface area contributed by atoms with Gasteiger partial charge in [-0.25, -0.2) is 9.79 Å². The highest BCUT2D eigenvalue weighted by atomic mass is 79.9. The number of hydrogen-bond acceptors (Lipinski definition) is 4. The third kappa shape index (κ3) is 6.51. The van der Waals surface area contributed by atoms with Gasteiger partial charge in [-0.05, 0) is 36.8 Å². The van der Waals surface area contributed by atoms with Crippen molar-refractivity contribution in [1.82, 2.24) is 5.32 Å². The Hall–Kier alpha value is -4.77. The molecule has 218 valence electrons. The molecule has 0 radical (unpaired) electrons. The Morgan fingerprint density at radius 2 is 1.60 bits per heavy atom. The van der Waals surface area contributed by atoms with Gasteiger partial charge in [0, 0.05) is 21.2 Å². The van der Waals surface area contributed by atoms with Crippen molar-refractivity contribution in [3.05, 3.63) is 129 Å². The van der Waals surface area contributed by atoms with E-state index in [1.807, 2.05) is 6.07 Å². The maximum Gasteiger partial charge on any atom is 0.418 e. The third-order valence-electron chi connectivity index (χ3n) is 6.81. The lowest BCUT2D eigenvalue weighted by Gasteiger charge is -2.25. The van der Waals surface area contributed by atoms with Crippen LogP contribution in [0.4, 0.5) is 29.3 Å². The molecular weight excluding hydrogens is 625 g/mol. The first-order valence-corrected chi connectivity index (χ1v) is 13.9. The molecule has 0 saturated heterocycles. The lowest BCUT2D eigenvalue weighted by atomic mass is 9.99. The summed E-state index contributed by atoms with van der Waals surface area (Å²) in [4.78, 5) is 46.4. The predicted molar refractivity (Wildman–Crippen MR) is 161 cm³/mol. The molecule has 1 aliphatic heterocycles. The number of hydrogen-bond donors (Lipinski definition) is 2. The number of nitrogens with zero attached hydrogens (tertiary/aromatic N) is 2. The van der Waals surface area contributed by atoms with Gasteiger partial charge in [0.1, 0.15) is 0 Å². The number of benzene rings is 4. The molecule has 1 unspecified atom stereocenters. The number of alkyl halides is 3. The van der Waals surface area contributed by atoms with Crippen LogP contribution in [0.5, 0.6) is 0 Å². The molecule has 1 aliphatic rings. The van der Waals surface area contributed by atoms with Crippen molar-refractivity contribution in [2.45, 2.75) is 19.3 Å². The second kappa shape index (κ2) is 12.2. The van der Waals surface area contributed by atoms with Crippen LogP contribution in [0.25, 0.3) is 0 Å². The van der Waals surface area contributed by atoms with Gasteiger partial charge in [-0.1, -0.05) is 88.7 Å². The highest BCUT2D eigenvalue weighted by Crippen LogP contribution is 2.36. The fourth-order valence-corrected chi connectivity index (χ4v) is 5.13. The van der Waals surface area contributed by atoms with E-state index >= 15 is 0 Å². The summed E-state index contributed by atoms with van der Waals surface area (Å²) in [7, 11) is 0. The standard InChI is InChI=1S/C32H24BrF3N4O3/c1-19-9-5-6-12-22(19)27(41)18-40-26-14-8-7-13-23(26)28(20-10-3-2-4-11-20)38-29(30(40)42)39-31(43)37-25-16-15-21(33)17-24(25)32(34,35)36/h2-17,29H,18H2,1H3,(H2,37,39,43). The van der Waals surface area contributed by atoms with Crippen LogP contribution in [0.1, 0.15) is 32.6 Å². The number of amides is 3. The number of carbonyl (C=O) groups is 3. The van der Waals surface area contributed by atoms with E-state index < -0.39 is 35.5 Å². The Kier molecular flexibility index (Phi) is 8.45. The van der Waals surface area contributed by atoms with Crippen LogP contribution in [-0.4, -0.2) is 36.1 Å². The number of aryl methyl sites for hydroxylation is 1. The molecule has 2 N–H and O–H groups in total. The Morgan fingerprint density at radius 3 is 2.33 bits per heavy atom. The maximum atomic E-state index is 14.0.